The molecule has 1 heterocycles. The molecular formula is C32H35F6NO. The van der Waals surface area contributed by atoms with E-state index in [2.05, 4.69) is 11.0 Å². The Morgan fingerprint density at radius 3 is 1.90 bits per heavy atom. The van der Waals surface area contributed by atoms with Gasteiger partial charge < -0.3 is 5.11 Å². The molecule has 2 nitrogen and oxygen atoms in total. The lowest BCUT2D eigenvalue weighted by atomic mass is 9.84. The molecule has 1 fully saturated rings. The third-order valence-electron chi connectivity index (χ3n) is 8.08. The summed E-state index contributed by atoms with van der Waals surface area (Å²) >= 11 is 0. The molecule has 0 bridgehead atoms. The van der Waals surface area contributed by atoms with Crippen LogP contribution < -0.4 is 0 Å². The van der Waals surface area contributed by atoms with E-state index in [1.807, 2.05) is 26.0 Å². The number of hydrogen-bond donors (Lipinski definition) is 1. The van der Waals surface area contributed by atoms with Crippen LogP contribution in [0.2, 0.25) is 0 Å². The van der Waals surface area contributed by atoms with E-state index < -0.39 is 23.5 Å². The van der Waals surface area contributed by atoms with E-state index in [1.54, 1.807) is 12.1 Å². The van der Waals surface area contributed by atoms with Gasteiger partial charge in [0, 0.05) is 25.1 Å². The third-order valence-corrected chi connectivity index (χ3v) is 8.08. The number of hydrogen-bond acceptors (Lipinski definition) is 2. The maximum Gasteiger partial charge on any atom is 0.416 e. The predicted molar refractivity (Wildman–Crippen MR) is 145 cm³/mol. The van der Waals surface area contributed by atoms with Crippen LogP contribution in [0.25, 0.3) is 11.1 Å². The number of nitrogens with zero attached hydrogens (tertiary/aromatic N) is 1. The van der Waals surface area contributed by atoms with Crippen molar-refractivity contribution in [3.8, 4) is 11.1 Å². The monoisotopic (exact) mass is 563 g/mol. The third kappa shape index (κ3) is 6.89. The second-order valence-electron chi connectivity index (χ2n) is 10.6. The van der Waals surface area contributed by atoms with E-state index in [0.717, 1.165) is 78.7 Å². The number of piperidine rings is 1. The molecule has 1 aliphatic rings. The smallest absolute Gasteiger partial charge is 0.396 e. The van der Waals surface area contributed by atoms with Crippen LogP contribution in [-0.4, -0.2) is 29.7 Å². The Kier molecular flexibility index (Phi) is 9.30. The summed E-state index contributed by atoms with van der Waals surface area (Å²) in [7, 11) is 0. The van der Waals surface area contributed by atoms with E-state index in [9.17, 15) is 31.4 Å². The fraction of sp³-hybridized carbons (Fsp3) is 0.438. The second-order valence-corrected chi connectivity index (χ2v) is 10.6. The van der Waals surface area contributed by atoms with Crippen LogP contribution in [0, 0.1) is 0 Å². The molecule has 0 aliphatic carbocycles. The summed E-state index contributed by atoms with van der Waals surface area (Å²) in [5, 5.41) is 10.0. The molecule has 0 aromatic heterocycles. The zero-order valence-electron chi connectivity index (χ0n) is 22.7. The van der Waals surface area contributed by atoms with Gasteiger partial charge >= 0.3 is 12.4 Å². The highest BCUT2D eigenvalue weighted by Crippen LogP contribution is 2.38. The van der Waals surface area contributed by atoms with Crippen molar-refractivity contribution in [3.63, 3.8) is 0 Å². The van der Waals surface area contributed by atoms with Gasteiger partial charge in [-0.1, -0.05) is 56.3 Å². The molecule has 0 amide bonds. The molecule has 1 N–H and O–H groups in total. The van der Waals surface area contributed by atoms with Crippen molar-refractivity contribution in [3.05, 3.63) is 94.5 Å². The standard InChI is InChI=1S/C32H35F6NO/c1-3-21(20-40)25-16-26(22-7-11-28(12-8-22)31(33,34)35)18-27(17-25)24-6-5-15-39(19-24)30(4-2)23-9-13-29(14-10-23)32(36,37)38/h7-14,16-18,21,24,30,40H,3-6,15,19-20H2,1-2H3/t21-,24?,30?/m1/s1. The molecule has 1 saturated heterocycles. The fourth-order valence-electron chi connectivity index (χ4n) is 5.80. The van der Waals surface area contributed by atoms with Crippen LogP contribution in [-0.2, 0) is 12.4 Å². The maximum atomic E-state index is 13.1. The lowest BCUT2D eigenvalue weighted by Gasteiger charge is -2.39. The van der Waals surface area contributed by atoms with E-state index in [-0.39, 0.29) is 24.5 Å². The minimum absolute atomic E-state index is 0.0246. The van der Waals surface area contributed by atoms with Gasteiger partial charge in [0.2, 0.25) is 0 Å². The van der Waals surface area contributed by atoms with Crippen molar-refractivity contribution >= 4 is 0 Å². The quantitative estimate of drug-likeness (QED) is 0.276. The molecule has 3 aromatic carbocycles. The van der Waals surface area contributed by atoms with Gasteiger partial charge in [0.15, 0.2) is 0 Å². The molecule has 0 radical (unpaired) electrons. The van der Waals surface area contributed by atoms with E-state index >= 15 is 0 Å². The van der Waals surface area contributed by atoms with E-state index in [0.29, 0.717) is 12.1 Å². The molecule has 0 saturated carbocycles. The Bertz CT molecular complexity index is 1250. The zero-order chi connectivity index (χ0) is 29.1. The van der Waals surface area contributed by atoms with Crippen LogP contribution >= 0.6 is 0 Å². The SMILES string of the molecule is CCC(c1ccc(C(F)(F)F)cc1)N1CCCC(c2cc(-c3ccc(C(F)(F)F)cc3)cc([C@H](CC)CO)c2)C1. The average molecular weight is 564 g/mol. The number of rotatable bonds is 8. The molecule has 4 rings (SSSR count). The molecule has 3 atom stereocenters. The first-order chi connectivity index (χ1) is 18.9. The van der Waals surface area contributed by atoms with Crippen molar-refractivity contribution in [2.45, 2.75) is 69.8 Å². The predicted octanol–water partition coefficient (Wildman–Crippen LogP) is 9.21. The van der Waals surface area contributed by atoms with Crippen molar-refractivity contribution in [1.29, 1.82) is 0 Å². The van der Waals surface area contributed by atoms with Gasteiger partial charge in [-0.2, -0.15) is 26.3 Å². The molecular weight excluding hydrogens is 528 g/mol. The average Bonchev–Trinajstić information content (AvgIpc) is 2.94. The molecule has 0 spiro atoms. The molecule has 8 heteroatoms. The van der Waals surface area contributed by atoms with Gasteiger partial charge in [-0.15, -0.1) is 0 Å². The van der Waals surface area contributed by atoms with Gasteiger partial charge in [0.05, 0.1) is 11.1 Å². The minimum Gasteiger partial charge on any atom is -0.396 e. The highest BCUT2D eigenvalue weighted by molar-refractivity contribution is 5.66. The summed E-state index contributed by atoms with van der Waals surface area (Å²) in [4.78, 5) is 2.32. The van der Waals surface area contributed by atoms with Crippen molar-refractivity contribution in [2.24, 2.45) is 0 Å². The number of alkyl halides is 6. The number of aliphatic hydroxyl groups excluding tert-OH is 1. The molecule has 216 valence electrons. The number of halogens is 6. The molecule has 2 unspecified atom stereocenters. The Morgan fingerprint density at radius 1 is 0.775 bits per heavy atom. The molecule has 1 aliphatic heterocycles. The minimum atomic E-state index is -4.41. The van der Waals surface area contributed by atoms with Gasteiger partial charge in [0.25, 0.3) is 0 Å². The summed E-state index contributed by atoms with van der Waals surface area (Å²) in [6.45, 7) is 5.53. The second kappa shape index (κ2) is 12.4. The molecule has 40 heavy (non-hydrogen) atoms. The Labute approximate surface area is 231 Å². The van der Waals surface area contributed by atoms with E-state index in [4.69, 9.17) is 0 Å². The van der Waals surface area contributed by atoms with Gasteiger partial charge in [-0.05, 0) is 90.2 Å². The van der Waals surface area contributed by atoms with Crippen molar-refractivity contribution < 1.29 is 31.4 Å². The van der Waals surface area contributed by atoms with Crippen LogP contribution in [0.5, 0.6) is 0 Å². The molecule has 3 aromatic rings. The summed E-state index contributed by atoms with van der Waals surface area (Å²) < 4.78 is 78.7. The summed E-state index contributed by atoms with van der Waals surface area (Å²) in [6.07, 6.45) is -5.49. The highest BCUT2D eigenvalue weighted by Gasteiger charge is 2.32. The van der Waals surface area contributed by atoms with Crippen LogP contribution in [0.4, 0.5) is 26.3 Å². The van der Waals surface area contributed by atoms with Crippen molar-refractivity contribution in [2.75, 3.05) is 19.7 Å². The summed E-state index contributed by atoms with van der Waals surface area (Å²) in [5.74, 6) is 0.0463. The Morgan fingerprint density at radius 2 is 1.38 bits per heavy atom. The summed E-state index contributed by atoms with van der Waals surface area (Å²) in [6, 6.07) is 16.6. The fourth-order valence-corrected chi connectivity index (χ4v) is 5.80. The van der Waals surface area contributed by atoms with Crippen LogP contribution in [0.3, 0.4) is 0 Å². The van der Waals surface area contributed by atoms with Crippen LogP contribution in [0.15, 0.2) is 66.7 Å². The first-order valence-electron chi connectivity index (χ1n) is 13.8. The first-order valence-corrected chi connectivity index (χ1v) is 13.8. The van der Waals surface area contributed by atoms with E-state index in [1.165, 1.54) is 12.1 Å². The Balaban J connectivity index is 1.65. The highest BCUT2D eigenvalue weighted by atomic mass is 19.4. The number of likely N-dealkylation sites (tertiary alicyclic amines) is 1. The van der Waals surface area contributed by atoms with Gasteiger partial charge in [-0.25, -0.2) is 0 Å². The lowest BCUT2D eigenvalue weighted by Crippen LogP contribution is -2.37. The first kappa shape index (κ1) is 30.1. The summed E-state index contributed by atoms with van der Waals surface area (Å²) in [5.41, 5.74) is 2.97. The Hall–Kier alpha value is -2.84. The largest absolute Gasteiger partial charge is 0.416 e. The number of aliphatic hydroxyl groups is 1. The maximum absolute atomic E-state index is 13.1. The van der Waals surface area contributed by atoms with Gasteiger partial charge in [0.1, 0.15) is 0 Å². The lowest BCUT2D eigenvalue weighted by molar-refractivity contribution is -0.138. The number of benzene rings is 3. The zero-order valence-corrected chi connectivity index (χ0v) is 22.7. The topological polar surface area (TPSA) is 23.5 Å². The van der Waals surface area contributed by atoms with Gasteiger partial charge in [-0.3, -0.25) is 4.90 Å². The van der Waals surface area contributed by atoms with Crippen molar-refractivity contribution in [1.82, 2.24) is 4.90 Å². The van der Waals surface area contributed by atoms with Crippen LogP contribution in [0.1, 0.15) is 85.2 Å². The normalized spacial score (nSPS) is 18.5.